The van der Waals surface area contributed by atoms with Gasteiger partial charge in [0, 0.05) is 20.0 Å². The average molecular weight is 175 g/mol. The molecule has 1 fully saturated rings. The molecule has 4 nitrogen and oxygen atoms in total. The van der Waals surface area contributed by atoms with Crippen molar-refractivity contribution in [3.8, 4) is 0 Å². The summed E-state index contributed by atoms with van der Waals surface area (Å²) in [6, 6.07) is 0. The number of carboxylic acid groups (broad SMARTS) is 1. The van der Waals surface area contributed by atoms with Crippen LogP contribution in [0.1, 0.15) is 20.8 Å². The molecule has 1 heterocycles. The lowest BCUT2D eigenvalue weighted by Gasteiger charge is -2.25. The molecule has 1 rings (SSSR count). The van der Waals surface area contributed by atoms with Crippen molar-refractivity contribution < 1.29 is 14.6 Å². The molecular formula is C8H17NO3. The first kappa shape index (κ1) is 11.4. The van der Waals surface area contributed by atoms with Crippen LogP contribution in [0.4, 0.5) is 0 Å². The van der Waals surface area contributed by atoms with Gasteiger partial charge in [-0.1, -0.05) is 0 Å². The zero-order valence-corrected chi connectivity index (χ0v) is 7.83. The van der Waals surface area contributed by atoms with Crippen LogP contribution >= 0.6 is 0 Å². The van der Waals surface area contributed by atoms with Gasteiger partial charge in [0.15, 0.2) is 0 Å². The largest absolute Gasteiger partial charge is 0.481 e. The van der Waals surface area contributed by atoms with Gasteiger partial charge in [0.25, 0.3) is 5.97 Å². The van der Waals surface area contributed by atoms with E-state index in [-0.39, 0.29) is 0 Å². The highest BCUT2D eigenvalue weighted by molar-refractivity contribution is 5.62. The Morgan fingerprint density at radius 3 is 1.92 bits per heavy atom. The Balaban J connectivity index is 0.000000261. The highest BCUT2D eigenvalue weighted by Crippen LogP contribution is 2.00. The van der Waals surface area contributed by atoms with Gasteiger partial charge < -0.3 is 15.2 Å². The third kappa shape index (κ3) is 7.50. The summed E-state index contributed by atoms with van der Waals surface area (Å²) >= 11 is 0. The van der Waals surface area contributed by atoms with Gasteiger partial charge in [-0.15, -0.1) is 0 Å². The smallest absolute Gasteiger partial charge is 0.300 e. The molecule has 0 saturated carbocycles. The Morgan fingerprint density at radius 2 is 1.75 bits per heavy atom. The van der Waals surface area contributed by atoms with Crippen molar-refractivity contribution in [3.63, 3.8) is 0 Å². The molecule has 2 atom stereocenters. The first-order chi connectivity index (χ1) is 5.52. The number of rotatable bonds is 0. The van der Waals surface area contributed by atoms with Gasteiger partial charge in [0.1, 0.15) is 0 Å². The number of aliphatic carboxylic acids is 1. The topological polar surface area (TPSA) is 58.6 Å². The maximum absolute atomic E-state index is 9.00. The predicted octanol–water partition coefficient (Wildman–Crippen LogP) is 0.474. The van der Waals surface area contributed by atoms with Crippen molar-refractivity contribution in [1.29, 1.82) is 0 Å². The summed E-state index contributed by atoms with van der Waals surface area (Å²) in [5, 5.41) is 10.7. The van der Waals surface area contributed by atoms with E-state index in [2.05, 4.69) is 19.2 Å². The van der Waals surface area contributed by atoms with Crippen LogP contribution in [0, 0.1) is 0 Å². The van der Waals surface area contributed by atoms with E-state index in [0.717, 1.165) is 20.0 Å². The molecule has 12 heavy (non-hydrogen) atoms. The molecule has 0 bridgehead atoms. The molecule has 72 valence electrons. The molecule has 0 unspecified atom stereocenters. The van der Waals surface area contributed by atoms with Crippen LogP contribution in [0.15, 0.2) is 0 Å². The van der Waals surface area contributed by atoms with Crippen molar-refractivity contribution in [1.82, 2.24) is 5.32 Å². The molecule has 1 aliphatic heterocycles. The zero-order chi connectivity index (χ0) is 9.56. The van der Waals surface area contributed by atoms with Crippen molar-refractivity contribution in [3.05, 3.63) is 0 Å². The third-order valence-corrected chi connectivity index (χ3v) is 1.33. The van der Waals surface area contributed by atoms with Crippen LogP contribution in [0.3, 0.4) is 0 Å². The molecule has 0 radical (unpaired) electrons. The second kappa shape index (κ2) is 5.97. The number of ether oxygens (including phenoxy) is 1. The maximum atomic E-state index is 9.00. The third-order valence-electron chi connectivity index (χ3n) is 1.33. The fourth-order valence-corrected chi connectivity index (χ4v) is 0.983. The highest BCUT2D eigenvalue weighted by atomic mass is 16.5. The molecule has 0 spiro atoms. The maximum Gasteiger partial charge on any atom is 0.300 e. The molecule has 0 aromatic carbocycles. The lowest BCUT2D eigenvalue weighted by atomic mass is 10.3. The quantitative estimate of drug-likeness (QED) is 0.562. The van der Waals surface area contributed by atoms with E-state index < -0.39 is 5.97 Å². The number of carbonyl (C=O) groups is 1. The van der Waals surface area contributed by atoms with E-state index in [0.29, 0.717) is 12.2 Å². The average Bonchev–Trinajstić information content (AvgIpc) is 1.84. The minimum absolute atomic E-state index is 0.402. The van der Waals surface area contributed by atoms with E-state index in [4.69, 9.17) is 14.6 Å². The lowest BCUT2D eigenvalue weighted by Crippen LogP contribution is -2.41. The summed E-state index contributed by atoms with van der Waals surface area (Å²) in [6.07, 6.45) is 0.803. The first-order valence-electron chi connectivity index (χ1n) is 4.08. The minimum atomic E-state index is -0.833. The zero-order valence-electron chi connectivity index (χ0n) is 7.83. The number of carboxylic acids is 1. The predicted molar refractivity (Wildman–Crippen MR) is 46.2 cm³/mol. The Morgan fingerprint density at radius 1 is 1.42 bits per heavy atom. The summed E-state index contributed by atoms with van der Waals surface area (Å²) in [6.45, 7) is 7.26. The molecule has 0 aromatic rings. The van der Waals surface area contributed by atoms with E-state index in [1.807, 2.05) is 0 Å². The Kier molecular flexibility index (Phi) is 5.66. The standard InChI is InChI=1S/C6H13NO.C2H4O2/c1-5-3-7-4-6(2)8-5;1-2(3)4/h5-7H,3-4H2,1-2H3;1H3,(H,3,4)/t5-,6+;. The van der Waals surface area contributed by atoms with Gasteiger partial charge in [0.2, 0.25) is 0 Å². The Bertz CT molecular complexity index is 126. The van der Waals surface area contributed by atoms with Crippen molar-refractivity contribution in [2.45, 2.75) is 33.0 Å². The molecule has 1 saturated heterocycles. The second-order valence-corrected chi connectivity index (χ2v) is 2.93. The monoisotopic (exact) mass is 175 g/mol. The van der Waals surface area contributed by atoms with Gasteiger partial charge in [-0.2, -0.15) is 0 Å². The number of morpholine rings is 1. The number of hydrogen-bond donors (Lipinski definition) is 2. The van der Waals surface area contributed by atoms with E-state index in [9.17, 15) is 0 Å². The minimum Gasteiger partial charge on any atom is -0.481 e. The van der Waals surface area contributed by atoms with Crippen molar-refractivity contribution in [2.24, 2.45) is 0 Å². The Hall–Kier alpha value is -0.610. The van der Waals surface area contributed by atoms with Crippen LogP contribution < -0.4 is 5.32 Å². The summed E-state index contributed by atoms with van der Waals surface area (Å²) in [4.78, 5) is 9.00. The summed E-state index contributed by atoms with van der Waals surface area (Å²) in [7, 11) is 0. The lowest BCUT2D eigenvalue weighted by molar-refractivity contribution is -0.134. The van der Waals surface area contributed by atoms with Gasteiger partial charge in [-0.3, -0.25) is 4.79 Å². The number of hydrogen-bond acceptors (Lipinski definition) is 3. The normalized spacial score (nSPS) is 28.6. The molecule has 2 N–H and O–H groups in total. The summed E-state index contributed by atoms with van der Waals surface area (Å²) in [5.41, 5.74) is 0. The Labute approximate surface area is 72.9 Å². The number of nitrogens with one attached hydrogen (secondary N) is 1. The first-order valence-corrected chi connectivity index (χ1v) is 4.08. The van der Waals surface area contributed by atoms with Gasteiger partial charge >= 0.3 is 0 Å². The SMILES string of the molecule is CC(=O)O.C[C@@H]1CNC[C@H](C)O1. The highest BCUT2D eigenvalue weighted by Gasteiger charge is 2.12. The van der Waals surface area contributed by atoms with Gasteiger partial charge in [-0.25, -0.2) is 0 Å². The van der Waals surface area contributed by atoms with Crippen molar-refractivity contribution >= 4 is 5.97 Å². The molecule has 0 aromatic heterocycles. The van der Waals surface area contributed by atoms with Gasteiger partial charge in [0.05, 0.1) is 12.2 Å². The summed E-state index contributed by atoms with van der Waals surface area (Å²) < 4.78 is 5.42. The van der Waals surface area contributed by atoms with E-state index >= 15 is 0 Å². The molecule has 4 heteroatoms. The molecule has 0 amide bonds. The van der Waals surface area contributed by atoms with Crippen LogP contribution in [-0.4, -0.2) is 36.4 Å². The van der Waals surface area contributed by atoms with E-state index in [1.165, 1.54) is 0 Å². The fourth-order valence-electron chi connectivity index (χ4n) is 0.983. The van der Waals surface area contributed by atoms with E-state index in [1.54, 1.807) is 0 Å². The van der Waals surface area contributed by atoms with Gasteiger partial charge in [-0.05, 0) is 13.8 Å². The molecule has 1 aliphatic rings. The molecular weight excluding hydrogens is 158 g/mol. The van der Waals surface area contributed by atoms with Crippen LogP contribution in [0.2, 0.25) is 0 Å². The van der Waals surface area contributed by atoms with Crippen molar-refractivity contribution in [2.75, 3.05) is 13.1 Å². The molecule has 0 aliphatic carbocycles. The van der Waals surface area contributed by atoms with Crippen LogP contribution in [0.5, 0.6) is 0 Å². The van der Waals surface area contributed by atoms with Crippen LogP contribution in [0.25, 0.3) is 0 Å². The fraction of sp³-hybridized carbons (Fsp3) is 0.875. The second-order valence-electron chi connectivity index (χ2n) is 2.93. The van der Waals surface area contributed by atoms with Crippen LogP contribution in [-0.2, 0) is 9.53 Å². The summed E-state index contributed by atoms with van der Waals surface area (Å²) in [5.74, 6) is -0.833.